The number of phenolic OH excluding ortho intramolecular Hbond substituents is 2. The third-order valence-electron chi connectivity index (χ3n) is 5.00. The molecule has 0 radical (unpaired) electrons. The summed E-state index contributed by atoms with van der Waals surface area (Å²) in [5, 5.41) is 24.4. The number of phenols is 2. The summed E-state index contributed by atoms with van der Waals surface area (Å²) >= 11 is 0. The summed E-state index contributed by atoms with van der Waals surface area (Å²) in [7, 11) is 0. The Kier molecular flexibility index (Phi) is 4.98. The van der Waals surface area contributed by atoms with E-state index < -0.39 is 11.8 Å². The third-order valence-corrected chi connectivity index (χ3v) is 5.00. The normalized spacial score (nSPS) is 14.4. The highest BCUT2D eigenvalue weighted by Crippen LogP contribution is 2.30. The van der Waals surface area contributed by atoms with Gasteiger partial charge in [-0.1, -0.05) is 42.0 Å². The second-order valence-corrected chi connectivity index (χ2v) is 7.17. The summed E-state index contributed by atoms with van der Waals surface area (Å²) < 4.78 is 0. The lowest BCUT2D eigenvalue weighted by Crippen LogP contribution is -2.37. The smallest absolute Gasteiger partial charge is 0.260 e. The molecule has 0 bridgehead atoms. The number of carbonyl (C=O) groups is 2. The molecule has 0 atom stereocenters. The molecule has 3 aromatic carbocycles. The SMILES string of the molecule is Cc1ccc(-c2ccc3c(c2)C(=CNCc2ccc(O)c(O)c2)C(=O)NC3=O)cc1. The van der Waals surface area contributed by atoms with Crippen LogP contribution in [0.3, 0.4) is 0 Å². The number of hydrogen-bond acceptors (Lipinski definition) is 5. The number of fused-ring (bicyclic) bond motifs is 1. The number of carbonyl (C=O) groups excluding carboxylic acids is 2. The maximum atomic E-state index is 12.5. The maximum Gasteiger partial charge on any atom is 0.260 e. The molecular weight excluding hydrogens is 380 g/mol. The molecule has 3 aromatic rings. The van der Waals surface area contributed by atoms with E-state index in [1.807, 2.05) is 43.3 Å². The van der Waals surface area contributed by atoms with Crippen molar-refractivity contribution in [1.82, 2.24) is 10.6 Å². The molecule has 4 rings (SSSR count). The average molecular weight is 400 g/mol. The van der Waals surface area contributed by atoms with Crippen molar-refractivity contribution < 1.29 is 19.8 Å². The highest BCUT2D eigenvalue weighted by Gasteiger charge is 2.27. The maximum absolute atomic E-state index is 12.5. The molecule has 2 amide bonds. The molecule has 1 aliphatic rings. The quantitative estimate of drug-likeness (QED) is 0.305. The molecule has 0 aromatic heterocycles. The molecule has 0 spiro atoms. The van der Waals surface area contributed by atoms with Gasteiger partial charge in [-0.05, 0) is 47.9 Å². The van der Waals surface area contributed by atoms with Crippen LogP contribution in [0.2, 0.25) is 0 Å². The molecule has 0 saturated heterocycles. The van der Waals surface area contributed by atoms with Crippen molar-refractivity contribution >= 4 is 17.4 Å². The molecule has 0 saturated carbocycles. The Labute approximate surface area is 173 Å². The molecule has 6 heteroatoms. The van der Waals surface area contributed by atoms with Crippen LogP contribution in [0.5, 0.6) is 11.5 Å². The third kappa shape index (κ3) is 3.75. The van der Waals surface area contributed by atoms with E-state index in [9.17, 15) is 19.8 Å². The number of nitrogens with one attached hydrogen (secondary N) is 2. The van der Waals surface area contributed by atoms with E-state index in [0.29, 0.717) is 23.2 Å². The minimum Gasteiger partial charge on any atom is -0.504 e. The standard InChI is InChI=1S/C24H20N2O4/c1-14-2-5-16(6-3-14)17-7-8-18-19(11-17)20(24(30)26-23(18)29)13-25-12-15-4-9-21(27)22(28)10-15/h2-11,13,25,27-28H,12H2,1H3,(H,26,29,30). The first-order valence-electron chi connectivity index (χ1n) is 9.44. The zero-order valence-electron chi connectivity index (χ0n) is 16.3. The van der Waals surface area contributed by atoms with Crippen molar-refractivity contribution in [3.63, 3.8) is 0 Å². The fraction of sp³-hybridized carbons (Fsp3) is 0.0833. The van der Waals surface area contributed by atoms with Crippen LogP contribution in [0, 0.1) is 6.92 Å². The molecule has 0 fully saturated rings. The van der Waals surface area contributed by atoms with E-state index in [4.69, 9.17) is 0 Å². The molecule has 30 heavy (non-hydrogen) atoms. The van der Waals surface area contributed by atoms with E-state index in [1.54, 1.807) is 18.3 Å². The number of amides is 2. The fourth-order valence-electron chi connectivity index (χ4n) is 3.34. The topological polar surface area (TPSA) is 98.7 Å². The number of aromatic hydroxyl groups is 2. The first kappa shape index (κ1) is 19.3. The van der Waals surface area contributed by atoms with Gasteiger partial charge in [0.1, 0.15) is 0 Å². The Morgan fingerprint density at radius 2 is 1.57 bits per heavy atom. The Balaban J connectivity index is 1.66. The first-order chi connectivity index (χ1) is 14.4. The van der Waals surface area contributed by atoms with Gasteiger partial charge < -0.3 is 15.5 Å². The van der Waals surface area contributed by atoms with Crippen molar-refractivity contribution in [3.05, 3.63) is 89.1 Å². The molecular formula is C24H20N2O4. The van der Waals surface area contributed by atoms with Gasteiger partial charge in [0, 0.05) is 23.9 Å². The van der Waals surface area contributed by atoms with Gasteiger partial charge in [-0.25, -0.2) is 0 Å². The van der Waals surface area contributed by atoms with Crippen LogP contribution >= 0.6 is 0 Å². The Morgan fingerprint density at radius 1 is 0.833 bits per heavy atom. The Bertz CT molecular complexity index is 1180. The molecule has 0 unspecified atom stereocenters. The summed E-state index contributed by atoms with van der Waals surface area (Å²) in [4.78, 5) is 24.8. The van der Waals surface area contributed by atoms with Crippen LogP contribution in [0.15, 0.2) is 66.9 Å². The van der Waals surface area contributed by atoms with Crippen molar-refractivity contribution in [2.24, 2.45) is 0 Å². The van der Waals surface area contributed by atoms with Crippen molar-refractivity contribution in [2.75, 3.05) is 0 Å². The van der Waals surface area contributed by atoms with Crippen LogP contribution in [-0.2, 0) is 11.3 Å². The van der Waals surface area contributed by atoms with Gasteiger partial charge >= 0.3 is 0 Å². The Morgan fingerprint density at radius 3 is 2.30 bits per heavy atom. The van der Waals surface area contributed by atoms with Gasteiger partial charge in [0.25, 0.3) is 11.8 Å². The van der Waals surface area contributed by atoms with Crippen LogP contribution in [0.1, 0.15) is 27.0 Å². The Hall–Kier alpha value is -4.06. The average Bonchev–Trinajstić information content (AvgIpc) is 2.73. The second kappa shape index (κ2) is 7.75. The predicted octanol–water partition coefficient (Wildman–Crippen LogP) is 3.47. The van der Waals surface area contributed by atoms with Crippen molar-refractivity contribution in [2.45, 2.75) is 13.5 Å². The summed E-state index contributed by atoms with van der Waals surface area (Å²) in [5.41, 5.74) is 5.11. The van der Waals surface area contributed by atoms with Gasteiger partial charge in [-0.3, -0.25) is 14.9 Å². The van der Waals surface area contributed by atoms with E-state index >= 15 is 0 Å². The molecule has 0 aliphatic carbocycles. The summed E-state index contributed by atoms with van der Waals surface area (Å²) in [6, 6.07) is 18.0. The molecule has 1 aliphatic heterocycles. The minimum atomic E-state index is -0.477. The largest absolute Gasteiger partial charge is 0.504 e. The summed E-state index contributed by atoms with van der Waals surface area (Å²) in [6.45, 7) is 2.34. The van der Waals surface area contributed by atoms with Gasteiger partial charge in [0.15, 0.2) is 11.5 Å². The molecule has 4 N–H and O–H groups in total. The summed E-state index contributed by atoms with van der Waals surface area (Å²) in [6.07, 6.45) is 1.56. The zero-order valence-corrected chi connectivity index (χ0v) is 16.3. The van der Waals surface area contributed by atoms with E-state index in [1.165, 1.54) is 12.1 Å². The fourth-order valence-corrected chi connectivity index (χ4v) is 3.34. The minimum absolute atomic E-state index is 0.195. The number of hydrogen-bond donors (Lipinski definition) is 4. The van der Waals surface area contributed by atoms with Crippen LogP contribution in [-0.4, -0.2) is 22.0 Å². The number of aryl methyl sites for hydroxylation is 1. The van der Waals surface area contributed by atoms with Crippen LogP contribution in [0.25, 0.3) is 16.7 Å². The van der Waals surface area contributed by atoms with Crippen LogP contribution in [0.4, 0.5) is 0 Å². The highest BCUT2D eigenvalue weighted by molar-refractivity contribution is 6.31. The van der Waals surface area contributed by atoms with E-state index in [-0.39, 0.29) is 11.5 Å². The van der Waals surface area contributed by atoms with E-state index in [0.717, 1.165) is 22.3 Å². The van der Waals surface area contributed by atoms with Gasteiger partial charge in [0.05, 0.1) is 5.57 Å². The monoisotopic (exact) mass is 400 g/mol. The van der Waals surface area contributed by atoms with Gasteiger partial charge in [-0.2, -0.15) is 0 Å². The number of benzene rings is 3. The molecule has 150 valence electrons. The van der Waals surface area contributed by atoms with Gasteiger partial charge in [-0.15, -0.1) is 0 Å². The highest BCUT2D eigenvalue weighted by atomic mass is 16.3. The predicted molar refractivity (Wildman–Crippen MR) is 114 cm³/mol. The molecule has 6 nitrogen and oxygen atoms in total. The first-order valence-corrected chi connectivity index (χ1v) is 9.44. The lowest BCUT2D eigenvalue weighted by Gasteiger charge is -2.19. The lowest BCUT2D eigenvalue weighted by molar-refractivity contribution is -0.114. The van der Waals surface area contributed by atoms with Crippen molar-refractivity contribution in [1.29, 1.82) is 0 Å². The lowest BCUT2D eigenvalue weighted by atomic mass is 9.91. The molecule has 1 heterocycles. The number of imide groups is 1. The summed E-state index contributed by atoms with van der Waals surface area (Å²) in [5.74, 6) is -1.31. The van der Waals surface area contributed by atoms with Crippen molar-refractivity contribution in [3.8, 4) is 22.6 Å². The van der Waals surface area contributed by atoms with E-state index in [2.05, 4.69) is 10.6 Å². The van der Waals surface area contributed by atoms with Gasteiger partial charge in [0.2, 0.25) is 0 Å². The van der Waals surface area contributed by atoms with Crippen LogP contribution < -0.4 is 10.6 Å². The zero-order chi connectivity index (χ0) is 21.3. The number of rotatable bonds is 4. The second-order valence-electron chi connectivity index (χ2n) is 7.17.